The van der Waals surface area contributed by atoms with Crippen molar-refractivity contribution < 1.29 is 24.2 Å². The summed E-state index contributed by atoms with van der Waals surface area (Å²) < 4.78 is 8.51. The van der Waals surface area contributed by atoms with Gasteiger partial charge in [0.1, 0.15) is 0 Å². The topological polar surface area (TPSA) is 130 Å². The minimum Gasteiger partial charge on any atom is -0.432 e. The van der Waals surface area contributed by atoms with E-state index in [1.807, 2.05) is 74.7 Å². The van der Waals surface area contributed by atoms with Gasteiger partial charge in [-0.05, 0) is 49.7 Å². The molecule has 216 valence electrons. The molecule has 3 aliphatic rings. The van der Waals surface area contributed by atoms with Crippen molar-refractivity contribution >= 4 is 31.5 Å². The quantitative estimate of drug-likeness (QED) is 0.351. The maximum Gasteiger partial charge on any atom is 0.261 e. The molecular formula is C30H37N5O5Si. The molecular weight excluding hydrogens is 538 g/mol. The predicted molar refractivity (Wildman–Crippen MR) is 156 cm³/mol. The Morgan fingerprint density at radius 1 is 1.20 bits per heavy atom. The van der Waals surface area contributed by atoms with Gasteiger partial charge in [-0.3, -0.25) is 14.3 Å². The standard InChI is InChI=1S/C30H37N5O5Si/c1-19-28(41(2,3)39)26(13-15-34-17-25(32-33-34)22(18-36)20-8-5-4-6-9-20)40-30(19)23-16-21(35-14-7-10-27(35)37)11-12-24(23)31-29(30)38/h4-6,8-9,11-12,16-17,19,22,26,28,36,39H,7,10,13-15,18H2,1-3H3,(H,31,38)/t19-,22?,26+,28-,30+/m0/s1. The van der Waals surface area contributed by atoms with Crippen LogP contribution in [0.1, 0.15) is 48.9 Å². The number of hydrogen-bond acceptors (Lipinski definition) is 7. The summed E-state index contributed by atoms with van der Waals surface area (Å²) in [6.45, 7) is 6.85. The van der Waals surface area contributed by atoms with E-state index in [4.69, 9.17) is 4.74 Å². The fourth-order valence-electron chi connectivity index (χ4n) is 7.14. The number of anilines is 2. The summed E-state index contributed by atoms with van der Waals surface area (Å²) in [4.78, 5) is 39.4. The summed E-state index contributed by atoms with van der Waals surface area (Å²) in [5.74, 6) is -0.706. The van der Waals surface area contributed by atoms with Crippen LogP contribution in [0.3, 0.4) is 0 Å². The maximum atomic E-state index is 13.7. The molecule has 6 rings (SSSR count). The van der Waals surface area contributed by atoms with Crippen molar-refractivity contribution in [2.75, 3.05) is 23.4 Å². The van der Waals surface area contributed by atoms with Gasteiger partial charge in [0.15, 0.2) is 13.9 Å². The molecule has 2 fully saturated rings. The van der Waals surface area contributed by atoms with E-state index in [0.717, 1.165) is 23.2 Å². The lowest BCUT2D eigenvalue weighted by molar-refractivity contribution is -0.143. The molecule has 10 nitrogen and oxygen atoms in total. The van der Waals surface area contributed by atoms with Crippen molar-refractivity contribution in [3.63, 3.8) is 0 Å². The zero-order valence-corrected chi connectivity index (χ0v) is 24.7. The maximum absolute atomic E-state index is 13.7. The lowest BCUT2D eigenvalue weighted by atomic mass is 9.82. The van der Waals surface area contributed by atoms with E-state index in [-0.39, 0.29) is 41.9 Å². The lowest BCUT2D eigenvalue weighted by Crippen LogP contribution is -2.43. The van der Waals surface area contributed by atoms with Crippen molar-refractivity contribution in [2.45, 2.75) is 69.0 Å². The zero-order valence-electron chi connectivity index (χ0n) is 23.7. The zero-order chi connectivity index (χ0) is 28.9. The number of carbonyl (C=O) groups excluding carboxylic acids is 2. The van der Waals surface area contributed by atoms with Gasteiger partial charge in [-0.1, -0.05) is 42.5 Å². The monoisotopic (exact) mass is 575 g/mol. The summed E-state index contributed by atoms with van der Waals surface area (Å²) in [5, 5.41) is 21.7. The second-order valence-corrected chi connectivity index (χ2v) is 16.0. The van der Waals surface area contributed by atoms with Crippen LogP contribution in [0.4, 0.5) is 11.4 Å². The number of aryl methyl sites for hydroxylation is 1. The Morgan fingerprint density at radius 2 is 1.98 bits per heavy atom. The highest BCUT2D eigenvalue weighted by atomic mass is 28.4. The van der Waals surface area contributed by atoms with Crippen molar-refractivity contribution in [2.24, 2.45) is 5.92 Å². The van der Waals surface area contributed by atoms with Crippen molar-refractivity contribution in [1.29, 1.82) is 0 Å². The van der Waals surface area contributed by atoms with Gasteiger partial charge < -0.3 is 24.9 Å². The highest BCUT2D eigenvalue weighted by molar-refractivity contribution is 6.71. The average molecular weight is 576 g/mol. The highest BCUT2D eigenvalue weighted by Crippen LogP contribution is 2.58. The Hall–Kier alpha value is -3.38. The Labute approximate surface area is 240 Å². The molecule has 1 spiro atoms. The third kappa shape index (κ3) is 4.70. The second kappa shape index (κ2) is 10.5. The number of fused-ring (bicyclic) bond motifs is 2. The van der Waals surface area contributed by atoms with Crippen LogP contribution in [0.25, 0.3) is 0 Å². The van der Waals surface area contributed by atoms with Crippen LogP contribution in [0, 0.1) is 5.92 Å². The molecule has 1 aromatic heterocycles. The molecule has 0 aliphatic carbocycles. The van der Waals surface area contributed by atoms with Crippen LogP contribution in [-0.2, 0) is 26.5 Å². The van der Waals surface area contributed by atoms with Gasteiger partial charge in [-0.15, -0.1) is 5.10 Å². The minimum absolute atomic E-state index is 0.0826. The first-order chi connectivity index (χ1) is 19.6. The summed E-state index contributed by atoms with van der Waals surface area (Å²) in [6.07, 6.45) is 3.32. The molecule has 11 heteroatoms. The third-order valence-corrected chi connectivity index (χ3v) is 11.6. The summed E-state index contributed by atoms with van der Waals surface area (Å²) in [6, 6.07) is 15.4. The van der Waals surface area contributed by atoms with E-state index >= 15 is 0 Å². The normalized spacial score (nSPS) is 26.6. The number of carbonyl (C=O) groups is 2. The number of rotatable bonds is 8. The van der Waals surface area contributed by atoms with Crippen LogP contribution in [-0.4, -0.2) is 64.3 Å². The first kappa shape index (κ1) is 27.8. The van der Waals surface area contributed by atoms with Crippen molar-refractivity contribution in [1.82, 2.24) is 15.0 Å². The van der Waals surface area contributed by atoms with E-state index in [9.17, 15) is 19.5 Å². The number of aliphatic hydroxyl groups excluding tert-OH is 1. The third-order valence-electron chi connectivity index (χ3n) is 9.05. The summed E-state index contributed by atoms with van der Waals surface area (Å²) in [5.41, 5.74) is 2.36. The minimum atomic E-state index is -2.79. The van der Waals surface area contributed by atoms with E-state index in [2.05, 4.69) is 15.6 Å². The Bertz CT molecular complexity index is 1460. The van der Waals surface area contributed by atoms with E-state index in [1.165, 1.54) is 0 Å². The number of ether oxygens (including phenoxy) is 1. The molecule has 0 saturated carbocycles. The number of amides is 2. The molecule has 0 bridgehead atoms. The summed E-state index contributed by atoms with van der Waals surface area (Å²) >= 11 is 0. The first-order valence-electron chi connectivity index (χ1n) is 14.4. The van der Waals surface area contributed by atoms with E-state index in [0.29, 0.717) is 37.3 Å². The molecule has 4 heterocycles. The number of nitrogens with zero attached hydrogens (tertiary/aromatic N) is 4. The van der Waals surface area contributed by atoms with Gasteiger partial charge in [-0.2, -0.15) is 0 Å². The highest BCUT2D eigenvalue weighted by Gasteiger charge is 2.64. The second-order valence-electron chi connectivity index (χ2n) is 12.0. The molecule has 3 N–H and O–H groups in total. The number of nitrogens with one attached hydrogen (secondary N) is 1. The summed E-state index contributed by atoms with van der Waals surface area (Å²) in [7, 11) is -2.79. The van der Waals surface area contributed by atoms with Crippen LogP contribution in [0.2, 0.25) is 18.6 Å². The molecule has 3 aromatic rings. The number of benzene rings is 2. The molecule has 2 aromatic carbocycles. The van der Waals surface area contributed by atoms with Crippen LogP contribution < -0.4 is 10.2 Å². The fraction of sp³-hybridized carbons (Fsp3) is 0.467. The molecule has 0 radical (unpaired) electrons. The van der Waals surface area contributed by atoms with Crippen molar-refractivity contribution in [3.05, 3.63) is 71.5 Å². The number of hydrogen-bond donors (Lipinski definition) is 3. The van der Waals surface area contributed by atoms with Crippen molar-refractivity contribution in [3.8, 4) is 0 Å². The largest absolute Gasteiger partial charge is 0.432 e. The van der Waals surface area contributed by atoms with Crippen LogP contribution in [0.5, 0.6) is 0 Å². The van der Waals surface area contributed by atoms with Gasteiger partial charge in [0, 0.05) is 54.1 Å². The lowest BCUT2D eigenvalue weighted by Gasteiger charge is -2.32. The molecule has 2 amide bonds. The predicted octanol–water partition coefficient (Wildman–Crippen LogP) is 3.37. The Kier molecular flexibility index (Phi) is 7.09. The number of aromatic nitrogens is 3. The van der Waals surface area contributed by atoms with E-state index in [1.54, 1.807) is 9.58 Å². The fourth-order valence-corrected chi connectivity index (χ4v) is 9.74. The molecule has 5 atom stereocenters. The molecule has 2 saturated heterocycles. The number of aliphatic hydroxyl groups is 1. The van der Waals surface area contributed by atoms with Gasteiger partial charge in [-0.25, -0.2) is 0 Å². The van der Waals surface area contributed by atoms with Gasteiger partial charge in [0.05, 0.1) is 24.3 Å². The van der Waals surface area contributed by atoms with Gasteiger partial charge in [0.2, 0.25) is 5.91 Å². The smallest absolute Gasteiger partial charge is 0.261 e. The molecule has 1 unspecified atom stereocenters. The van der Waals surface area contributed by atoms with Gasteiger partial charge in [0.25, 0.3) is 5.91 Å². The Balaban J connectivity index is 1.27. The van der Waals surface area contributed by atoms with Crippen LogP contribution >= 0.6 is 0 Å². The first-order valence-corrected chi connectivity index (χ1v) is 17.4. The van der Waals surface area contributed by atoms with E-state index < -0.39 is 13.9 Å². The molecule has 3 aliphatic heterocycles. The van der Waals surface area contributed by atoms with Crippen LogP contribution in [0.15, 0.2) is 54.7 Å². The van der Waals surface area contributed by atoms with Gasteiger partial charge >= 0.3 is 0 Å². The molecule has 41 heavy (non-hydrogen) atoms. The average Bonchev–Trinajstić information content (AvgIpc) is 3.71. The Morgan fingerprint density at radius 3 is 2.66 bits per heavy atom. The SMILES string of the molecule is C[C@H]1[C@H]([Si](C)(C)O)[C@@H](CCn2cc(C(CO)c3ccccc3)nn2)O[C@]12C(=O)Nc1ccc(N3CCCC3=O)cc12.